The van der Waals surface area contributed by atoms with Crippen LogP contribution < -0.4 is 4.89 Å². The first kappa shape index (κ1) is 62.2. The van der Waals surface area contributed by atoms with Crippen LogP contribution in [0.25, 0.3) is 0 Å². The monoisotopic (exact) mass is 920 g/mol. The Balaban J connectivity index is 4.14. The van der Waals surface area contributed by atoms with Crippen molar-refractivity contribution in [2.45, 2.75) is 232 Å². The molecule has 0 aromatic rings. The zero-order chi connectivity index (χ0) is 46.9. The fourth-order valence-electron chi connectivity index (χ4n) is 7.28. The van der Waals surface area contributed by atoms with Gasteiger partial charge in [-0.1, -0.05) is 222 Å². The molecule has 0 saturated heterocycles. The van der Waals surface area contributed by atoms with Crippen LogP contribution in [-0.2, 0) is 27.9 Å². The van der Waals surface area contributed by atoms with Crippen molar-refractivity contribution in [1.29, 1.82) is 0 Å². The lowest BCUT2D eigenvalue weighted by atomic mass is 10.0. The van der Waals surface area contributed by atoms with Crippen molar-refractivity contribution in [3.8, 4) is 0 Å². The molecule has 0 aliphatic rings. The van der Waals surface area contributed by atoms with Crippen molar-refractivity contribution in [1.82, 2.24) is 0 Å². The Labute approximate surface area is 396 Å². The lowest BCUT2D eigenvalue weighted by Crippen LogP contribution is -2.37. The Morgan fingerprint density at radius 1 is 0.500 bits per heavy atom. The minimum absolute atomic E-state index is 0.0166. The number of phosphoric acid groups is 1. The summed E-state index contributed by atoms with van der Waals surface area (Å²) >= 11 is 0. The van der Waals surface area contributed by atoms with E-state index in [0.29, 0.717) is 24.1 Å². The number of esters is 1. The second-order valence-electron chi connectivity index (χ2n) is 18.9. The molecule has 0 heterocycles. The predicted molar refractivity (Wildman–Crippen MR) is 273 cm³/mol. The molecule has 9 heteroatoms. The topological polar surface area (TPSA) is 94.1 Å². The maximum atomic E-state index is 12.8. The van der Waals surface area contributed by atoms with Gasteiger partial charge in [-0.25, -0.2) is 0 Å². The molecule has 0 rings (SSSR count). The molecule has 0 radical (unpaired) electrons. The molecule has 0 aliphatic carbocycles. The van der Waals surface area contributed by atoms with Crippen molar-refractivity contribution in [2.24, 2.45) is 0 Å². The van der Waals surface area contributed by atoms with E-state index in [0.717, 1.165) is 70.6 Å². The minimum atomic E-state index is -4.54. The van der Waals surface area contributed by atoms with E-state index in [-0.39, 0.29) is 25.8 Å². The Bertz CT molecular complexity index is 1210. The van der Waals surface area contributed by atoms with Gasteiger partial charge in [0.2, 0.25) is 0 Å². The highest BCUT2D eigenvalue weighted by Crippen LogP contribution is 2.38. The maximum Gasteiger partial charge on any atom is 0.306 e. The molecule has 0 fully saturated rings. The molecule has 0 aromatic heterocycles. The minimum Gasteiger partial charge on any atom is -0.756 e. The summed E-state index contributed by atoms with van der Waals surface area (Å²) in [6.07, 6.45) is 61.2. The van der Waals surface area contributed by atoms with E-state index in [1.54, 1.807) is 0 Å². The third-order valence-electron chi connectivity index (χ3n) is 11.3. The van der Waals surface area contributed by atoms with Crippen LogP contribution in [0, 0.1) is 0 Å². The van der Waals surface area contributed by atoms with E-state index in [4.69, 9.17) is 18.5 Å². The first-order valence-electron chi connectivity index (χ1n) is 26.5. The molecule has 0 saturated carbocycles. The van der Waals surface area contributed by atoms with Crippen LogP contribution in [0.2, 0.25) is 0 Å². The molecular weight excluding hydrogens is 818 g/mol. The molecule has 0 amide bonds. The van der Waals surface area contributed by atoms with Gasteiger partial charge < -0.3 is 27.9 Å². The first-order valence-corrected chi connectivity index (χ1v) is 28.0. The van der Waals surface area contributed by atoms with Crippen molar-refractivity contribution in [2.75, 3.05) is 54.1 Å². The molecule has 0 spiro atoms. The Morgan fingerprint density at radius 3 is 1.33 bits per heavy atom. The Kier molecular flexibility index (Phi) is 46.3. The van der Waals surface area contributed by atoms with Crippen molar-refractivity contribution in [3.63, 3.8) is 0 Å². The smallest absolute Gasteiger partial charge is 0.306 e. The van der Waals surface area contributed by atoms with Crippen molar-refractivity contribution in [3.05, 3.63) is 60.8 Å². The lowest BCUT2D eigenvalue weighted by Gasteiger charge is -2.28. The Hall–Kier alpha value is -1.80. The second kappa shape index (κ2) is 47.7. The van der Waals surface area contributed by atoms with E-state index >= 15 is 0 Å². The average Bonchev–Trinajstić information content (AvgIpc) is 3.25. The van der Waals surface area contributed by atoms with Crippen LogP contribution in [0.1, 0.15) is 226 Å². The van der Waals surface area contributed by atoms with E-state index in [1.807, 2.05) is 21.1 Å². The van der Waals surface area contributed by atoms with Crippen LogP contribution >= 0.6 is 7.82 Å². The van der Waals surface area contributed by atoms with Gasteiger partial charge in [0.05, 0.1) is 34.4 Å². The molecule has 2 unspecified atom stereocenters. The van der Waals surface area contributed by atoms with E-state index in [9.17, 15) is 14.3 Å². The third kappa shape index (κ3) is 51.2. The standard InChI is InChI=1S/C55H102NO7P/c1-6-8-10-12-14-16-18-20-22-24-26-27-28-29-30-31-32-34-36-38-40-42-44-46-48-55(57)63-54(53-62-64(58,59)61-51-49-56(3,4)5)52-60-50-47-45-43-41-39-37-35-33-25-23-21-19-17-15-13-11-9-7-2/h9,11,15,17,21,23,33,35,39,41,54H,6-8,10,12-14,16,18-20,22,24-32,34,36-38,40,42-53H2,1-5H3/b11-9-,17-15-,23-21-,35-33-,41-39-. The molecule has 0 N–H and O–H groups in total. The third-order valence-corrected chi connectivity index (χ3v) is 12.3. The zero-order valence-corrected chi connectivity index (χ0v) is 43.4. The van der Waals surface area contributed by atoms with Gasteiger partial charge in [-0.2, -0.15) is 0 Å². The average molecular weight is 920 g/mol. The molecule has 0 aromatic carbocycles. The fourth-order valence-corrected chi connectivity index (χ4v) is 8.01. The summed E-state index contributed by atoms with van der Waals surface area (Å²) in [6.45, 7) is 5.21. The lowest BCUT2D eigenvalue weighted by molar-refractivity contribution is -0.870. The number of unbranched alkanes of at least 4 members (excludes halogenated alkanes) is 25. The Morgan fingerprint density at radius 2 is 0.906 bits per heavy atom. The number of carbonyl (C=O) groups is 1. The SMILES string of the molecule is CC/C=C\C/C=C\C/C=C\C/C=C\C/C=C\CCCCOCC(COP(=O)([O-])OCC[N+](C)(C)C)OC(=O)CCCCCCCCCCCCCCCCCCCCCCCCCC. The van der Waals surface area contributed by atoms with Gasteiger partial charge in [-0.15, -0.1) is 0 Å². The highest BCUT2D eigenvalue weighted by molar-refractivity contribution is 7.45. The van der Waals surface area contributed by atoms with Crippen molar-refractivity contribution < 1.29 is 37.3 Å². The van der Waals surface area contributed by atoms with Crippen LogP contribution in [0.4, 0.5) is 0 Å². The van der Waals surface area contributed by atoms with Gasteiger partial charge in [0, 0.05) is 13.0 Å². The normalized spacial score (nSPS) is 14.0. The fraction of sp³-hybridized carbons (Fsp3) is 0.800. The zero-order valence-electron chi connectivity index (χ0n) is 42.5. The van der Waals surface area contributed by atoms with Gasteiger partial charge in [0.25, 0.3) is 7.82 Å². The quantitative estimate of drug-likeness (QED) is 0.0197. The second-order valence-corrected chi connectivity index (χ2v) is 20.3. The summed E-state index contributed by atoms with van der Waals surface area (Å²) in [6, 6.07) is 0. The molecular formula is C55H102NO7P. The van der Waals surface area contributed by atoms with Crippen LogP contribution in [0.3, 0.4) is 0 Å². The number of rotatable bonds is 49. The number of phosphoric ester groups is 1. The van der Waals surface area contributed by atoms with E-state index in [1.165, 1.54) is 135 Å². The van der Waals surface area contributed by atoms with Gasteiger partial charge in [-0.05, 0) is 57.8 Å². The molecule has 2 atom stereocenters. The van der Waals surface area contributed by atoms with Crippen LogP contribution in [0.15, 0.2) is 60.8 Å². The summed E-state index contributed by atoms with van der Waals surface area (Å²) in [7, 11) is 1.33. The molecule has 64 heavy (non-hydrogen) atoms. The van der Waals surface area contributed by atoms with E-state index in [2.05, 4.69) is 74.6 Å². The molecule has 8 nitrogen and oxygen atoms in total. The van der Waals surface area contributed by atoms with Crippen LogP contribution in [0.5, 0.6) is 0 Å². The maximum absolute atomic E-state index is 12.8. The number of likely N-dealkylation sites (N-methyl/N-ethyl adjacent to an activating group) is 1. The molecule has 374 valence electrons. The predicted octanol–water partition coefficient (Wildman–Crippen LogP) is 15.8. The number of hydrogen-bond donors (Lipinski definition) is 0. The summed E-state index contributed by atoms with van der Waals surface area (Å²) in [5.74, 6) is -0.346. The van der Waals surface area contributed by atoms with Crippen molar-refractivity contribution >= 4 is 13.8 Å². The van der Waals surface area contributed by atoms with Gasteiger partial charge >= 0.3 is 5.97 Å². The van der Waals surface area contributed by atoms with Gasteiger partial charge in [-0.3, -0.25) is 9.36 Å². The summed E-state index contributed by atoms with van der Waals surface area (Å²) in [4.78, 5) is 25.2. The highest BCUT2D eigenvalue weighted by atomic mass is 31.2. The number of allylic oxidation sites excluding steroid dienone is 10. The van der Waals surface area contributed by atoms with E-state index < -0.39 is 13.9 Å². The number of nitrogens with zero attached hydrogens (tertiary/aromatic N) is 1. The number of carbonyl (C=O) groups excluding carboxylic acids is 1. The van der Waals surface area contributed by atoms with Gasteiger partial charge in [0.1, 0.15) is 19.3 Å². The largest absolute Gasteiger partial charge is 0.756 e. The molecule has 0 bridgehead atoms. The number of quaternary nitrogens is 1. The summed E-state index contributed by atoms with van der Waals surface area (Å²) in [5, 5.41) is 0. The van der Waals surface area contributed by atoms with Crippen LogP contribution in [-0.4, -0.2) is 70.7 Å². The highest BCUT2D eigenvalue weighted by Gasteiger charge is 2.20. The summed E-state index contributed by atoms with van der Waals surface area (Å²) < 4.78 is 34.7. The summed E-state index contributed by atoms with van der Waals surface area (Å²) in [5.41, 5.74) is 0. The number of ether oxygens (including phenoxy) is 2. The first-order chi connectivity index (χ1) is 31.1. The molecule has 0 aliphatic heterocycles. The number of hydrogen-bond acceptors (Lipinski definition) is 7. The van der Waals surface area contributed by atoms with Gasteiger partial charge in [0.15, 0.2) is 0 Å².